The summed E-state index contributed by atoms with van der Waals surface area (Å²) in [5.74, 6) is 0.171. The molecular weight excluding hydrogens is 220 g/mol. The topological polar surface area (TPSA) is 17.1 Å². The largest absolute Gasteiger partial charge is 0.294 e. The summed E-state index contributed by atoms with van der Waals surface area (Å²) in [4.78, 5) is 12.0. The number of carbonyl (C=O) groups excluding carboxylic acids is 1. The summed E-state index contributed by atoms with van der Waals surface area (Å²) in [5, 5.41) is 0. The summed E-state index contributed by atoms with van der Waals surface area (Å²) in [6, 6.07) is 19.8. The fraction of sp³-hybridized carbons (Fsp3) is 0.118. The molecule has 0 bridgehead atoms. The summed E-state index contributed by atoms with van der Waals surface area (Å²) in [5.41, 5.74) is 2.82. The van der Waals surface area contributed by atoms with E-state index in [4.69, 9.17) is 0 Å². The van der Waals surface area contributed by atoms with Gasteiger partial charge in [-0.2, -0.15) is 0 Å². The highest BCUT2D eigenvalue weighted by atomic mass is 16.1. The SMILES string of the molecule is CCC(=O)/C(=C/c1ccccc1)c1ccccc1. The van der Waals surface area contributed by atoms with Crippen LogP contribution in [0.5, 0.6) is 0 Å². The van der Waals surface area contributed by atoms with Gasteiger partial charge in [0.25, 0.3) is 0 Å². The lowest BCUT2D eigenvalue weighted by molar-refractivity contribution is -0.113. The van der Waals surface area contributed by atoms with Crippen molar-refractivity contribution in [2.75, 3.05) is 0 Å². The van der Waals surface area contributed by atoms with E-state index < -0.39 is 0 Å². The Balaban J connectivity index is 2.44. The van der Waals surface area contributed by atoms with Crippen molar-refractivity contribution >= 4 is 17.4 Å². The number of carbonyl (C=O) groups is 1. The Bertz CT molecular complexity index is 538. The summed E-state index contributed by atoms with van der Waals surface area (Å²) in [7, 11) is 0. The molecule has 0 aromatic heterocycles. The van der Waals surface area contributed by atoms with Crippen molar-refractivity contribution in [3.8, 4) is 0 Å². The fourth-order valence-corrected chi connectivity index (χ4v) is 1.85. The summed E-state index contributed by atoms with van der Waals surface area (Å²) in [6.45, 7) is 1.89. The average Bonchev–Trinajstić information content (AvgIpc) is 2.46. The smallest absolute Gasteiger partial charge is 0.163 e. The van der Waals surface area contributed by atoms with Crippen molar-refractivity contribution in [1.29, 1.82) is 0 Å². The van der Waals surface area contributed by atoms with Crippen LogP contribution in [0.2, 0.25) is 0 Å². The third-order valence-corrected chi connectivity index (χ3v) is 2.82. The highest BCUT2D eigenvalue weighted by molar-refractivity contribution is 6.25. The minimum atomic E-state index is 0.171. The van der Waals surface area contributed by atoms with Crippen LogP contribution in [-0.4, -0.2) is 5.78 Å². The molecule has 0 fully saturated rings. The number of hydrogen-bond donors (Lipinski definition) is 0. The van der Waals surface area contributed by atoms with Crippen LogP contribution in [0.15, 0.2) is 60.7 Å². The van der Waals surface area contributed by atoms with E-state index in [-0.39, 0.29) is 5.78 Å². The molecule has 0 radical (unpaired) electrons. The van der Waals surface area contributed by atoms with Crippen molar-refractivity contribution in [1.82, 2.24) is 0 Å². The van der Waals surface area contributed by atoms with Crippen LogP contribution < -0.4 is 0 Å². The van der Waals surface area contributed by atoms with Gasteiger partial charge in [0.2, 0.25) is 0 Å². The molecule has 0 aliphatic rings. The van der Waals surface area contributed by atoms with Crippen molar-refractivity contribution in [2.24, 2.45) is 0 Å². The first-order chi connectivity index (χ1) is 8.81. The molecule has 0 saturated carbocycles. The molecule has 0 heterocycles. The van der Waals surface area contributed by atoms with E-state index in [0.717, 1.165) is 16.7 Å². The Labute approximate surface area is 108 Å². The molecule has 2 aromatic rings. The minimum absolute atomic E-state index is 0.171. The van der Waals surface area contributed by atoms with Crippen LogP contribution in [0.3, 0.4) is 0 Å². The Hall–Kier alpha value is -2.15. The maximum Gasteiger partial charge on any atom is 0.163 e. The molecule has 0 spiro atoms. The molecule has 18 heavy (non-hydrogen) atoms. The quantitative estimate of drug-likeness (QED) is 0.574. The van der Waals surface area contributed by atoms with E-state index >= 15 is 0 Å². The number of Topliss-reactive ketones (excluding diaryl/α,β-unsaturated/α-hetero) is 1. The number of hydrogen-bond acceptors (Lipinski definition) is 1. The van der Waals surface area contributed by atoms with Crippen LogP contribution >= 0.6 is 0 Å². The zero-order valence-corrected chi connectivity index (χ0v) is 10.5. The van der Waals surface area contributed by atoms with Crippen molar-refractivity contribution in [2.45, 2.75) is 13.3 Å². The maximum atomic E-state index is 12.0. The molecule has 0 amide bonds. The van der Waals surface area contributed by atoms with Crippen LogP contribution in [0.4, 0.5) is 0 Å². The first-order valence-electron chi connectivity index (χ1n) is 6.16. The van der Waals surface area contributed by atoms with Gasteiger partial charge in [-0.05, 0) is 17.2 Å². The summed E-state index contributed by atoms with van der Waals surface area (Å²) in [6.07, 6.45) is 2.48. The monoisotopic (exact) mass is 236 g/mol. The Morgan fingerprint density at radius 3 is 2.06 bits per heavy atom. The van der Waals surface area contributed by atoms with Gasteiger partial charge in [0.1, 0.15) is 0 Å². The second kappa shape index (κ2) is 5.97. The van der Waals surface area contributed by atoms with Gasteiger partial charge >= 0.3 is 0 Å². The predicted molar refractivity (Wildman–Crippen MR) is 76.1 cm³/mol. The molecule has 2 rings (SSSR count). The Kier molecular flexibility index (Phi) is 4.08. The average molecular weight is 236 g/mol. The molecule has 1 heteroatoms. The molecule has 0 aliphatic heterocycles. The molecule has 0 atom stereocenters. The lowest BCUT2D eigenvalue weighted by atomic mass is 9.98. The van der Waals surface area contributed by atoms with E-state index in [0.29, 0.717) is 6.42 Å². The summed E-state index contributed by atoms with van der Waals surface area (Å²) >= 11 is 0. The number of benzene rings is 2. The lowest BCUT2D eigenvalue weighted by Crippen LogP contribution is -1.99. The van der Waals surface area contributed by atoms with Crippen molar-refractivity contribution < 1.29 is 4.79 Å². The van der Waals surface area contributed by atoms with E-state index in [9.17, 15) is 4.79 Å². The van der Waals surface area contributed by atoms with E-state index in [2.05, 4.69) is 0 Å². The zero-order chi connectivity index (χ0) is 12.8. The normalized spacial score (nSPS) is 11.3. The second-order valence-electron chi connectivity index (χ2n) is 4.11. The molecule has 2 aromatic carbocycles. The number of ketones is 1. The second-order valence-corrected chi connectivity index (χ2v) is 4.11. The van der Waals surface area contributed by atoms with E-state index in [1.807, 2.05) is 73.7 Å². The first-order valence-corrected chi connectivity index (χ1v) is 6.16. The van der Waals surface area contributed by atoms with Gasteiger partial charge in [-0.25, -0.2) is 0 Å². The van der Waals surface area contributed by atoms with Gasteiger partial charge < -0.3 is 0 Å². The first kappa shape index (κ1) is 12.3. The maximum absolute atomic E-state index is 12.0. The van der Waals surface area contributed by atoms with Gasteiger partial charge in [0.05, 0.1) is 0 Å². The Morgan fingerprint density at radius 1 is 0.944 bits per heavy atom. The summed E-state index contributed by atoms with van der Waals surface area (Å²) < 4.78 is 0. The predicted octanol–water partition coefficient (Wildman–Crippen LogP) is 4.21. The third-order valence-electron chi connectivity index (χ3n) is 2.82. The van der Waals surface area contributed by atoms with Crippen LogP contribution in [0.25, 0.3) is 11.6 Å². The van der Waals surface area contributed by atoms with Crippen LogP contribution in [0.1, 0.15) is 24.5 Å². The molecular formula is C17H16O. The number of rotatable bonds is 4. The minimum Gasteiger partial charge on any atom is -0.294 e. The molecule has 1 nitrogen and oxygen atoms in total. The molecule has 0 aliphatic carbocycles. The fourth-order valence-electron chi connectivity index (χ4n) is 1.85. The molecule has 0 N–H and O–H groups in total. The lowest BCUT2D eigenvalue weighted by Gasteiger charge is -2.05. The molecule has 0 unspecified atom stereocenters. The van der Waals surface area contributed by atoms with Crippen molar-refractivity contribution in [3.63, 3.8) is 0 Å². The highest BCUT2D eigenvalue weighted by Gasteiger charge is 2.09. The molecule has 90 valence electrons. The van der Waals surface area contributed by atoms with Gasteiger partial charge in [0.15, 0.2) is 5.78 Å². The van der Waals surface area contributed by atoms with Gasteiger partial charge in [-0.1, -0.05) is 67.6 Å². The van der Waals surface area contributed by atoms with E-state index in [1.54, 1.807) is 0 Å². The van der Waals surface area contributed by atoms with Gasteiger partial charge in [-0.15, -0.1) is 0 Å². The van der Waals surface area contributed by atoms with Crippen LogP contribution in [-0.2, 0) is 4.79 Å². The molecule has 0 saturated heterocycles. The van der Waals surface area contributed by atoms with Gasteiger partial charge in [0, 0.05) is 12.0 Å². The van der Waals surface area contributed by atoms with Gasteiger partial charge in [-0.3, -0.25) is 4.79 Å². The highest BCUT2D eigenvalue weighted by Crippen LogP contribution is 2.20. The number of allylic oxidation sites excluding steroid dienone is 1. The Morgan fingerprint density at radius 2 is 1.50 bits per heavy atom. The van der Waals surface area contributed by atoms with Crippen LogP contribution in [0, 0.1) is 0 Å². The zero-order valence-electron chi connectivity index (χ0n) is 10.5. The van der Waals surface area contributed by atoms with E-state index in [1.165, 1.54) is 0 Å². The van der Waals surface area contributed by atoms with Crippen molar-refractivity contribution in [3.05, 3.63) is 71.8 Å². The third kappa shape index (κ3) is 2.95. The standard InChI is InChI=1S/C17H16O/c1-2-17(18)16(15-11-7-4-8-12-15)13-14-9-5-3-6-10-14/h3-13H,2H2,1H3/b16-13+.